The van der Waals surface area contributed by atoms with E-state index in [4.69, 9.17) is 0 Å². The highest BCUT2D eigenvalue weighted by atomic mass is 32.2. The van der Waals surface area contributed by atoms with Gasteiger partial charge in [-0.1, -0.05) is 82.2 Å². The van der Waals surface area contributed by atoms with Crippen LogP contribution in [0.3, 0.4) is 0 Å². The van der Waals surface area contributed by atoms with E-state index >= 15 is 0 Å². The summed E-state index contributed by atoms with van der Waals surface area (Å²) in [6, 6.07) is 7.26. The Balaban J connectivity index is 2.65. The third kappa shape index (κ3) is 7.17. The Kier molecular flexibility index (Phi) is 10.1. The molecule has 0 spiro atoms. The Morgan fingerprint density at radius 2 is 1.50 bits per heavy atom. The summed E-state index contributed by atoms with van der Waals surface area (Å²) < 4.78 is 39.0. The second kappa shape index (κ2) is 11.5. The van der Waals surface area contributed by atoms with Crippen LogP contribution in [0.4, 0.5) is 13.2 Å². The first-order chi connectivity index (χ1) is 12.3. The van der Waals surface area contributed by atoms with Crippen LogP contribution in [0.25, 0.3) is 0 Å². The number of nitro groups is 1. The highest BCUT2D eigenvalue weighted by Crippen LogP contribution is 2.50. The van der Waals surface area contributed by atoms with E-state index in [-0.39, 0.29) is 11.3 Å². The molecule has 1 aromatic carbocycles. The van der Waals surface area contributed by atoms with Gasteiger partial charge in [0.1, 0.15) is 0 Å². The molecule has 0 saturated heterocycles. The van der Waals surface area contributed by atoms with Crippen molar-refractivity contribution >= 4 is 11.8 Å². The molecule has 0 saturated carbocycles. The topological polar surface area (TPSA) is 43.1 Å². The van der Waals surface area contributed by atoms with E-state index in [1.54, 1.807) is 6.07 Å². The van der Waals surface area contributed by atoms with Crippen molar-refractivity contribution in [1.29, 1.82) is 0 Å². The fourth-order valence-electron chi connectivity index (χ4n) is 2.93. The first-order valence-corrected chi connectivity index (χ1v) is 10.2. The Labute approximate surface area is 157 Å². The Morgan fingerprint density at radius 1 is 0.962 bits per heavy atom. The summed E-state index contributed by atoms with van der Waals surface area (Å²) in [6.45, 7) is 1.00. The zero-order chi connectivity index (χ0) is 19.5. The molecule has 148 valence electrons. The molecule has 1 aromatic rings. The van der Waals surface area contributed by atoms with Gasteiger partial charge in [0.05, 0.1) is 0 Å². The Morgan fingerprint density at radius 3 is 2.00 bits per heavy atom. The highest BCUT2D eigenvalue weighted by Gasteiger charge is 2.60. The molecule has 0 aliphatic rings. The molecule has 3 nitrogen and oxygen atoms in total. The fourth-order valence-corrected chi connectivity index (χ4v) is 4.29. The van der Waals surface area contributed by atoms with E-state index in [9.17, 15) is 23.3 Å². The molecule has 0 fully saturated rings. The van der Waals surface area contributed by atoms with Crippen molar-refractivity contribution < 1.29 is 18.1 Å². The maximum Gasteiger partial charge on any atom is 0.413 e. The van der Waals surface area contributed by atoms with Crippen LogP contribution in [-0.2, 0) is 4.75 Å². The number of nitrogens with zero attached hydrogens (tertiary/aromatic N) is 1. The normalized spacial score (nSPS) is 14.2. The monoisotopic (exact) mass is 391 g/mol. The van der Waals surface area contributed by atoms with Gasteiger partial charge >= 0.3 is 6.18 Å². The van der Waals surface area contributed by atoms with E-state index in [1.807, 2.05) is 0 Å². The van der Waals surface area contributed by atoms with Crippen molar-refractivity contribution in [3.8, 4) is 0 Å². The summed E-state index contributed by atoms with van der Waals surface area (Å²) in [7, 11) is 0. The van der Waals surface area contributed by atoms with Gasteiger partial charge < -0.3 is 0 Å². The number of rotatable bonds is 13. The van der Waals surface area contributed by atoms with E-state index in [0.29, 0.717) is 18.2 Å². The predicted octanol–water partition coefficient (Wildman–Crippen LogP) is 6.59. The van der Waals surface area contributed by atoms with Crippen molar-refractivity contribution in [3.05, 3.63) is 46.0 Å². The number of benzene rings is 1. The molecule has 0 aliphatic heterocycles. The molecule has 0 radical (unpaired) electrons. The minimum absolute atomic E-state index is 0.0474. The van der Waals surface area contributed by atoms with Crippen LogP contribution in [0.2, 0.25) is 0 Å². The van der Waals surface area contributed by atoms with Crippen LogP contribution < -0.4 is 0 Å². The van der Waals surface area contributed by atoms with Gasteiger partial charge in [0.15, 0.2) is 0 Å². The maximum atomic E-state index is 13.8. The van der Waals surface area contributed by atoms with E-state index in [2.05, 4.69) is 6.92 Å². The molecule has 0 bridgehead atoms. The summed E-state index contributed by atoms with van der Waals surface area (Å²) in [4.78, 5) is 10.1. The molecule has 0 unspecified atom stereocenters. The number of hydrogen-bond donors (Lipinski definition) is 0. The van der Waals surface area contributed by atoms with Crippen molar-refractivity contribution in [1.82, 2.24) is 0 Å². The first kappa shape index (κ1) is 22.8. The smallest absolute Gasteiger partial charge is 0.264 e. The molecule has 1 atom stereocenters. The molecule has 0 amide bonds. The number of alkyl halides is 3. The highest BCUT2D eigenvalue weighted by molar-refractivity contribution is 8.00. The van der Waals surface area contributed by atoms with Crippen LogP contribution in [-0.4, -0.2) is 23.4 Å². The van der Waals surface area contributed by atoms with Gasteiger partial charge in [0.2, 0.25) is 11.3 Å². The SMILES string of the molecule is CCCCCCCCCCS[C@@](C[N+](=O)[O-])(c1ccccc1)C(F)(F)F. The van der Waals surface area contributed by atoms with Crippen LogP contribution in [0.5, 0.6) is 0 Å². The molecule has 0 aromatic heterocycles. The third-order valence-corrected chi connectivity index (χ3v) is 5.98. The van der Waals surface area contributed by atoms with Crippen LogP contribution in [0, 0.1) is 10.1 Å². The lowest BCUT2D eigenvalue weighted by Gasteiger charge is -2.32. The Hall–Kier alpha value is -1.24. The lowest BCUT2D eigenvalue weighted by Crippen LogP contribution is -2.45. The van der Waals surface area contributed by atoms with Crippen LogP contribution in [0.1, 0.15) is 63.9 Å². The minimum Gasteiger partial charge on any atom is -0.264 e. The number of halogens is 3. The van der Waals surface area contributed by atoms with Crippen molar-refractivity contribution in [2.75, 3.05) is 12.3 Å². The number of unbranched alkanes of at least 4 members (excludes halogenated alkanes) is 7. The van der Waals surface area contributed by atoms with Gasteiger partial charge in [0.25, 0.3) is 0 Å². The van der Waals surface area contributed by atoms with Gasteiger partial charge in [-0.25, -0.2) is 0 Å². The third-order valence-electron chi connectivity index (χ3n) is 4.40. The minimum atomic E-state index is -4.69. The summed E-state index contributed by atoms with van der Waals surface area (Å²) in [6.07, 6.45) is 3.70. The molecule has 0 heterocycles. The summed E-state index contributed by atoms with van der Waals surface area (Å²) in [5, 5.41) is 11.0. The van der Waals surface area contributed by atoms with E-state index in [1.165, 1.54) is 49.9 Å². The quantitative estimate of drug-likeness (QED) is 0.216. The average Bonchev–Trinajstić information content (AvgIpc) is 2.58. The molecular formula is C19H28F3NO2S. The largest absolute Gasteiger partial charge is 0.413 e. The van der Waals surface area contributed by atoms with Gasteiger partial charge in [-0.2, -0.15) is 13.2 Å². The lowest BCUT2D eigenvalue weighted by molar-refractivity contribution is -0.494. The summed E-state index contributed by atoms with van der Waals surface area (Å²) in [5.41, 5.74) is -0.0474. The predicted molar refractivity (Wildman–Crippen MR) is 101 cm³/mol. The van der Waals surface area contributed by atoms with Crippen molar-refractivity contribution in [2.45, 2.75) is 69.2 Å². The van der Waals surface area contributed by atoms with Gasteiger partial charge in [0, 0.05) is 4.92 Å². The molecular weight excluding hydrogens is 363 g/mol. The zero-order valence-corrected chi connectivity index (χ0v) is 16.1. The van der Waals surface area contributed by atoms with Gasteiger partial charge in [-0.15, -0.1) is 11.8 Å². The Bertz CT molecular complexity index is 525. The second-order valence-electron chi connectivity index (χ2n) is 6.50. The number of hydrogen-bond acceptors (Lipinski definition) is 3. The molecule has 0 N–H and O–H groups in total. The van der Waals surface area contributed by atoms with Crippen LogP contribution >= 0.6 is 11.8 Å². The molecule has 26 heavy (non-hydrogen) atoms. The van der Waals surface area contributed by atoms with Gasteiger partial charge in [-0.05, 0) is 17.7 Å². The van der Waals surface area contributed by atoms with Gasteiger partial charge in [-0.3, -0.25) is 10.1 Å². The zero-order valence-electron chi connectivity index (χ0n) is 15.3. The maximum absolute atomic E-state index is 13.8. The first-order valence-electron chi connectivity index (χ1n) is 9.21. The van der Waals surface area contributed by atoms with Crippen LogP contribution in [0.15, 0.2) is 30.3 Å². The lowest BCUT2D eigenvalue weighted by atomic mass is 9.97. The average molecular weight is 391 g/mol. The molecule has 1 rings (SSSR count). The van der Waals surface area contributed by atoms with E-state index < -0.39 is 22.4 Å². The summed E-state index contributed by atoms with van der Waals surface area (Å²) >= 11 is 0.663. The van der Waals surface area contributed by atoms with E-state index in [0.717, 1.165) is 19.3 Å². The molecule has 7 heteroatoms. The fraction of sp³-hybridized carbons (Fsp3) is 0.684. The van der Waals surface area contributed by atoms with Crippen molar-refractivity contribution in [2.24, 2.45) is 0 Å². The van der Waals surface area contributed by atoms with Crippen molar-refractivity contribution in [3.63, 3.8) is 0 Å². The molecule has 0 aliphatic carbocycles. The standard InChI is InChI=1S/C19H28F3NO2S/c1-2-3-4-5-6-7-8-12-15-26-18(16-23(24)25,19(20,21)22)17-13-10-9-11-14-17/h9-11,13-14H,2-8,12,15-16H2,1H3/t18-/m0/s1. The number of thioether (sulfide) groups is 1. The summed E-state index contributed by atoms with van der Waals surface area (Å²) in [5.74, 6) is 0.261. The second-order valence-corrected chi connectivity index (χ2v) is 7.90.